The zero-order chi connectivity index (χ0) is 9.19. The third kappa shape index (κ3) is 1.48. The van der Waals surface area contributed by atoms with Gasteiger partial charge in [-0.2, -0.15) is 0 Å². The van der Waals surface area contributed by atoms with Crippen LogP contribution in [0.1, 0.15) is 25.1 Å². The zero-order valence-corrected chi connectivity index (χ0v) is 7.76. The molecular formula is C11H13N. The molecule has 0 fully saturated rings. The second-order valence-corrected chi connectivity index (χ2v) is 3.44. The van der Waals surface area contributed by atoms with Crippen molar-refractivity contribution >= 4 is 0 Å². The number of aromatic nitrogens is 1. The third-order valence-corrected chi connectivity index (χ3v) is 1.96. The molecule has 0 aromatic carbocycles. The van der Waals surface area contributed by atoms with Gasteiger partial charge in [0.2, 0.25) is 0 Å². The van der Waals surface area contributed by atoms with Gasteiger partial charge in [-0.1, -0.05) is 12.0 Å². The van der Waals surface area contributed by atoms with E-state index in [1.165, 1.54) is 0 Å². The molecule has 0 amide bonds. The largest absolute Gasteiger partial charge is 0.259 e. The number of pyridine rings is 1. The van der Waals surface area contributed by atoms with Gasteiger partial charge in [-0.25, -0.2) is 0 Å². The van der Waals surface area contributed by atoms with Gasteiger partial charge in [-0.15, -0.1) is 6.42 Å². The topological polar surface area (TPSA) is 12.9 Å². The molecule has 0 atom stereocenters. The molecule has 1 heteroatoms. The highest BCUT2D eigenvalue weighted by Gasteiger charge is 2.20. The molecular weight excluding hydrogens is 146 g/mol. The van der Waals surface area contributed by atoms with E-state index in [0.717, 1.165) is 11.3 Å². The predicted molar refractivity (Wildman–Crippen MR) is 50.8 cm³/mol. The van der Waals surface area contributed by atoms with Crippen LogP contribution in [0.5, 0.6) is 0 Å². The highest BCUT2D eigenvalue weighted by Crippen LogP contribution is 2.22. The van der Waals surface area contributed by atoms with E-state index in [9.17, 15) is 0 Å². The minimum Gasteiger partial charge on any atom is -0.259 e. The maximum atomic E-state index is 5.42. The van der Waals surface area contributed by atoms with E-state index in [2.05, 4.69) is 10.9 Å². The Morgan fingerprint density at radius 2 is 2.17 bits per heavy atom. The zero-order valence-electron chi connectivity index (χ0n) is 7.76. The van der Waals surface area contributed by atoms with Crippen LogP contribution in [-0.4, -0.2) is 4.98 Å². The van der Waals surface area contributed by atoms with Crippen molar-refractivity contribution in [2.45, 2.75) is 26.2 Å². The molecule has 62 valence electrons. The Bertz CT molecular complexity index is 318. The Kier molecular flexibility index (Phi) is 2.19. The second-order valence-electron chi connectivity index (χ2n) is 3.44. The van der Waals surface area contributed by atoms with Crippen LogP contribution in [0.25, 0.3) is 0 Å². The molecule has 0 spiro atoms. The van der Waals surface area contributed by atoms with Gasteiger partial charge in [0.05, 0.1) is 11.1 Å². The number of terminal acetylenes is 1. The fraction of sp³-hybridized carbons (Fsp3) is 0.364. The summed E-state index contributed by atoms with van der Waals surface area (Å²) in [4.78, 5) is 4.28. The molecule has 1 rings (SSSR count). The fourth-order valence-electron chi connectivity index (χ4n) is 1.21. The number of nitrogens with zero attached hydrogens (tertiary/aromatic N) is 1. The predicted octanol–water partition coefficient (Wildman–Crippen LogP) is 2.30. The number of hydrogen-bond donors (Lipinski definition) is 0. The smallest absolute Gasteiger partial charge is 0.0678 e. The van der Waals surface area contributed by atoms with Crippen molar-refractivity contribution in [2.24, 2.45) is 0 Å². The van der Waals surface area contributed by atoms with Crippen molar-refractivity contribution in [3.05, 3.63) is 29.6 Å². The summed E-state index contributed by atoms with van der Waals surface area (Å²) >= 11 is 0. The second kappa shape index (κ2) is 2.98. The van der Waals surface area contributed by atoms with Crippen LogP contribution in [-0.2, 0) is 5.41 Å². The number of aryl methyl sites for hydroxylation is 1. The van der Waals surface area contributed by atoms with Gasteiger partial charge in [0.15, 0.2) is 0 Å². The minimum atomic E-state index is -0.259. The van der Waals surface area contributed by atoms with E-state index in [-0.39, 0.29) is 5.41 Å². The minimum absolute atomic E-state index is 0.259. The van der Waals surface area contributed by atoms with Gasteiger partial charge in [-0.05, 0) is 32.4 Å². The average molecular weight is 159 g/mol. The van der Waals surface area contributed by atoms with Crippen LogP contribution in [0, 0.1) is 19.3 Å². The first-order valence-electron chi connectivity index (χ1n) is 3.98. The Balaban J connectivity index is 3.22. The highest BCUT2D eigenvalue weighted by molar-refractivity contribution is 5.32. The molecule has 0 saturated carbocycles. The van der Waals surface area contributed by atoms with E-state index < -0.39 is 0 Å². The first-order chi connectivity index (χ1) is 5.58. The molecule has 1 heterocycles. The lowest BCUT2D eigenvalue weighted by molar-refractivity contribution is 0.664. The van der Waals surface area contributed by atoms with Crippen molar-refractivity contribution in [3.8, 4) is 12.3 Å². The van der Waals surface area contributed by atoms with Crippen molar-refractivity contribution in [1.29, 1.82) is 0 Å². The molecule has 0 aliphatic heterocycles. The molecule has 0 aliphatic rings. The lowest BCUT2D eigenvalue weighted by Crippen LogP contribution is -2.17. The summed E-state index contributed by atoms with van der Waals surface area (Å²) in [6, 6.07) is 3.95. The van der Waals surface area contributed by atoms with Gasteiger partial charge in [0.25, 0.3) is 0 Å². The molecule has 0 unspecified atom stereocenters. The summed E-state index contributed by atoms with van der Waals surface area (Å²) in [5.74, 6) is 2.74. The van der Waals surface area contributed by atoms with E-state index in [1.807, 2.05) is 32.9 Å². The summed E-state index contributed by atoms with van der Waals surface area (Å²) in [7, 11) is 0. The molecule has 1 aromatic rings. The molecule has 12 heavy (non-hydrogen) atoms. The molecule has 0 aliphatic carbocycles. The van der Waals surface area contributed by atoms with E-state index >= 15 is 0 Å². The Morgan fingerprint density at radius 1 is 1.50 bits per heavy atom. The van der Waals surface area contributed by atoms with Crippen molar-refractivity contribution in [1.82, 2.24) is 4.98 Å². The summed E-state index contributed by atoms with van der Waals surface area (Å²) in [6.07, 6.45) is 7.20. The van der Waals surface area contributed by atoms with E-state index in [1.54, 1.807) is 6.20 Å². The van der Waals surface area contributed by atoms with E-state index in [4.69, 9.17) is 6.42 Å². The Hall–Kier alpha value is -1.29. The van der Waals surface area contributed by atoms with Crippen molar-refractivity contribution < 1.29 is 0 Å². The van der Waals surface area contributed by atoms with Crippen LogP contribution in [0.3, 0.4) is 0 Å². The molecule has 0 bridgehead atoms. The Morgan fingerprint density at radius 3 is 2.67 bits per heavy atom. The lowest BCUT2D eigenvalue weighted by atomic mass is 9.87. The molecule has 0 radical (unpaired) electrons. The maximum absolute atomic E-state index is 5.42. The first-order valence-corrected chi connectivity index (χ1v) is 3.98. The van der Waals surface area contributed by atoms with Gasteiger partial charge in [0.1, 0.15) is 0 Å². The van der Waals surface area contributed by atoms with Crippen LogP contribution in [0.2, 0.25) is 0 Å². The molecule has 0 saturated heterocycles. The highest BCUT2D eigenvalue weighted by atomic mass is 14.7. The molecule has 0 N–H and O–H groups in total. The standard InChI is InChI=1S/C11H13N/c1-5-11(3,4)10-9(2)7-6-8-12-10/h1,6-8H,2-4H3. The van der Waals surface area contributed by atoms with Crippen LogP contribution in [0.15, 0.2) is 18.3 Å². The quantitative estimate of drug-likeness (QED) is 0.573. The average Bonchev–Trinajstić information content (AvgIpc) is 2.05. The number of hydrogen-bond acceptors (Lipinski definition) is 1. The van der Waals surface area contributed by atoms with Crippen LogP contribution in [0.4, 0.5) is 0 Å². The first kappa shape index (κ1) is 8.80. The van der Waals surface area contributed by atoms with Crippen LogP contribution >= 0.6 is 0 Å². The third-order valence-electron chi connectivity index (χ3n) is 1.96. The monoisotopic (exact) mass is 159 g/mol. The normalized spacial score (nSPS) is 10.8. The van der Waals surface area contributed by atoms with Gasteiger partial charge < -0.3 is 0 Å². The van der Waals surface area contributed by atoms with Gasteiger partial charge >= 0.3 is 0 Å². The lowest BCUT2D eigenvalue weighted by Gasteiger charge is -2.18. The maximum Gasteiger partial charge on any atom is 0.0678 e. The summed E-state index contributed by atoms with van der Waals surface area (Å²) in [5, 5.41) is 0. The summed E-state index contributed by atoms with van der Waals surface area (Å²) in [5.41, 5.74) is 1.89. The molecule has 1 nitrogen and oxygen atoms in total. The fourth-order valence-corrected chi connectivity index (χ4v) is 1.21. The summed E-state index contributed by atoms with van der Waals surface area (Å²) < 4.78 is 0. The van der Waals surface area contributed by atoms with Crippen molar-refractivity contribution in [2.75, 3.05) is 0 Å². The van der Waals surface area contributed by atoms with Crippen molar-refractivity contribution in [3.63, 3.8) is 0 Å². The van der Waals surface area contributed by atoms with Crippen LogP contribution < -0.4 is 0 Å². The van der Waals surface area contributed by atoms with Gasteiger partial charge in [-0.3, -0.25) is 4.98 Å². The summed E-state index contributed by atoms with van der Waals surface area (Å²) in [6.45, 7) is 6.03. The van der Waals surface area contributed by atoms with Gasteiger partial charge in [0, 0.05) is 6.20 Å². The molecule has 1 aromatic heterocycles. The van der Waals surface area contributed by atoms with E-state index in [0.29, 0.717) is 0 Å². The SMILES string of the molecule is C#CC(C)(C)c1ncccc1C. The Labute approximate surface area is 73.8 Å². The number of rotatable bonds is 1.